The van der Waals surface area contributed by atoms with Gasteiger partial charge in [0.05, 0.1) is 5.69 Å². The molecule has 2 aromatic heterocycles. The zero-order valence-electron chi connectivity index (χ0n) is 23.4. The van der Waals surface area contributed by atoms with E-state index in [-0.39, 0.29) is 11.8 Å². The number of carbonyl (C=O) groups excluding carboxylic acids is 2. The Balaban J connectivity index is 1.22. The number of nitrogens with one attached hydrogen (secondary N) is 4. The monoisotopic (exact) mass is 547 g/mol. The third-order valence-corrected chi connectivity index (χ3v) is 6.66. The molecular weight excluding hydrogens is 514 g/mol. The normalized spacial score (nSPS) is 11.0. The van der Waals surface area contributed by atoms with E-state index in [0.29, 0.717) is 29.3 Å². The van der Waals surface area contributed by atoms with Gasteiger partial charge in [-0.15, -0.1) is 0 Å². The van der Waals surface area contributed by atoms with Gasteiger partial charge in [-0.05, 0) is 94.1 Å². The number of nitrogens with zero attached hydrogens (tertiary/aromatic N) is 3. The quantitative estimate of drug-likeness (QED) is 0.165. The van der Waals surface area contributed by atoms with Gasteiger partial charge in [0.15, 0.2) is 0 Å². The summed E-state index contributed by atoms with van der Waals surface area (Å²) >= 11 is 0. The molecule has 0 spiro atoms. The summed E-state index contributed by atoms with van der Waals surface area (Å²) in [5.41, 5.74) is 6.56. The van der Waals surface area contributed by atoms with Crippen molar-refractivity contribution in [2.24, 2.45) is 0 Å². The van der Waals surface area contributed by atoms with Gasteiger partial charge in [0.1, 0.15) is 0 Å². The molecular formula is C32H33N7O2. The molecule has 0 unspecified atom stereocenters. The van der Waals surface area contributed by atoms with Crippen molar-refractivity contribution in [2.45, 2.75) is 19.8 Å². The number of anilines is 4. The van der Waals surface area contributed by atoms with Crippen molar-refractivity contribution in [3.63, 3.8) is 0 Å². The molecule has 0 fully saturated rings. The number of fused-ring (bicyclic) bond motifs is 1. The second-order valence-electron chi connectivity index (χ2n) is 10.2. The molecule has 0 saturated carbocycles. The second kappa shape index (κ2) is 12.4. The number of H-pyrrole nitrogens is 1. The summed E-state index contributed by atoms with van der Waals surface area (Å²) in [6.45, 7) is 2.94. The molecule has 5 aromatic rings. The summed E-state index contributed by atoms with van der Waals surface area (Å²) in [6, 6.07) is 22.3. The standard InChI is InChI=1S/C32H33N7O2/c1-21-7-4-10-28-30(21)26(20-34-28)27-16-17-33-32(38-27)37-25-9-5-8-24(19-25)36-31(41)22-12-14-23(15-13-22)35-29(40)11-6-18-39(2)3/h4-5,7-10,12-17,19-20,34H,6,11,18H2,1-3H3,(H,35,40)(H,36,41)(H,33,37,38). The van der Waals surface area contributed by atoms with E-state index in [1.165, 1.54) is 5.56 Å². The van der Waals surface area contributed by atoms with Gasteiger partial charge in [-0.3, -0.25) is 9.59 Å². The number of aromatic amines is 1. The topological polar surface area (TPSA) is 115 Å². The Morgan fingerprint density at radius 3 is 2.49 bits per heavy atom. The maximum atomic E-state index is 12.9. The number of hydrogen-bond donors (Lipinski definition) is 4. The average molecular weight is 548 g/mol. The van der Waals surface area contributed by atoms with Gasteiger partial charge in [-0.25, -0.2) is 9.97 Å². The van der Waals surface area contributed by atoms with Crippen LogP contribution < -0.4 is 16.0 Å². The van der Waals surface area contributed by atoms with Crippen molar-refractivity contribution >= 4 is 45.7 Å². The number of amides is 2. The highest BCUT2D eigenvalue weighted by molar-refractivity contribution is 6.05. The van der Waals surface area contributed by atoms with E-state index in [2.05, 4.69) is 38.9 Å². The van der Waals surface area contributed by atoms with Gasteiger partial charge in [-0.2, -0.15) is 0 Å². The van der Waals surface area contributed by atoms with Crippen LogP contribution in [0.15, 0.2) is 85.2 Å². The van der Waals surface area contributed by atoms with Gasteiger partial charge in [0, 0.05) is 57.9 Å². The van der Waals surface area contributed by atoms with Crippen LogP contribution in [0.3, 0.4) is 0 Å². The van der Waals surface area contributed by atoms with Gasteiger partial charge in [0.2, 0.25) is 11.9 Å². The molecule has 0 aliphatic rings. The van der Waals surface area contributed by atoms with Crippen LogP contribution in [-0.2, 0) is 4.79 Å². The van der Waals surface area contributed by atoms with Crippen molar-refractivity contribution in [2.75, 3.05) is 36.6 Å². The van der Waals surface area contributed by atoms with Crippen molar-refractivity contribution in [1.29, 1.82) is 0 Å². The van der Waals surface area contributed by atoms with Crippen molar-refractivity contribution in [3.8, 4) is 11.3 Å². The Labute approximate surface area is 239 Å². The second-order valence-corrected chi connectivity index (χ2v) is 10.2. The summed E-state index contributed by atoms with van der Waals surface area (Å²) in [5.74, 6) is 0.159. The molecule has 2 amide bonds. The number of carbonyl (C=O) groups is 2. The number of aryl methyl sites for hydroxylation is 1. The Kier molecular flexibility index (Phi) is 8.36. The van der Waals surface area contributed by atoms with Crippen LogP contribution in [0.25, 0.3) is 22.2 Å². The van der Waals surface area contributed by atoms with Gasteiger partial charge < -0.3 is 25.8 Å². The van der Waals surface area contributed by atoms with Gasteiger partial charge in [0.25, 0.3) is 5.91 Å². The van der Waals surface area contributed by atoms with Crippen LogP contribution in [0.4, 0.5) is 23.0 Å². The zero-order valence-corrected chi connectivity index (χ0v) is 23.4. The molecule has 0 bridgehead atoms. The number of benzene rings is 3. The highest BCUT2D eigenvalue weighted by Gasteiger charge is 2.12. The van der Waals surface area contributed by atoms with Crippen molar-refractivity contribution < 1.29 is 9.59 Å². The van der Waals surface area contributed by atoms with E-state index < -0.39 is 0 Å². The van der Waals surface area contributed by atoms with Crippen LogP contribution in [0, 0.1) is 6.92 Å². The molecule has 0 atom stereocenters. The first-order chi connectivity index (χ1) is 19.9. The van der Waals surface area contributed by atoms with Crippen molar-refractivity contribution in [1.82, 2.24) is 19.9 Å². The molecule has 4 N–H and O–H groups in total. The Bertz CT molecular complexity index is 1680. The van der Waals surface area contributed by atoms with E-state index in [0.717, 1.165) is 40.8 Å². The number of hydrogen-bond acceptors (Lipinski definition) is 6. The number of aromatic nitrogens is 3. The molecule has 0 aliphatic heterocycles. The third kappa shape index (κ3) is 6.95. The minimum absolute atomic E-state index is 0.0422. The van der Waals surface area contributed by atoms with Crippen LogP contribution in [0.5, 0.6) is 0 Å². The zero-order chi connectivity index (χ0) is 28.8. The SMILES string of the molecule is Cc1cccc2[nH]cc(-c3ccnc(Nc4cccc(NC(=O)c5ccc(NC(=O)CCCN(C)C)cc5)c4)n3)c12. The summed E-state index contributed by atoms with van der Waals surface area (Å²) in [6.07, 6.45) is 4.92. The molecule has 5 rings (SSSR count). The lowest BCUT2D eigenvalue weighted by atomic mass is 10.1. The molecule has 41 heavy (non-hydrogen) atoms. The largest absolute Gasteiger partial charge is 0.360 e. The average Bonchev–Trinajstić information content (AvgIpc) is 3.39. The predicted molar refractivity (Wildman–Crippen MR) is 165 cm³/mol. The Morgan fingerprint density at radius 2 is 1.68 bits per heavy atom. The van der Waals surface area contributed by atoms with E-state index in [1.54, 1.807) is 30.5 Å². The smallest absolute Gasteiger partial charge is 0.255 e. The first kappa shape index (κ1) is 27.5. The number of rotatable bonds is 10. The van der Waals surface area contributed by atoms with Crippen LogP contribution in [0.1, 0.15) is 28.8 Å². The molecule has 0 radical (unpaired) electrons. The highest BCUT2D eigenvalue weighted by Crippen LogP contribution is 2.30. The Morgan fingerprint density at radius 1 is 0.902 bits per heavy atom. The van der Waals surface area contributed by atoms with Gasteiger partial charge >= 0.3 is 0 Å². The molecule has 3 aromatic carbocycles. The fourth-order valence-electron chi connectivity index (χ4n) is 4.63. The lowest BCUT2D eigenvalue weighted by Crippen LogP contribution is -2.17. The lowest BCUT2D eigenvalue weighted by Gasteiger charge is -2.11. The molecule has 9 heteroatoms. The molecule has 9 nitrogen and oxygen atoms in total. The van der Waals surface area contributed by atoms with E-state index in [9.17, 15) is 9.59 Å². The maximum absolute atomic E-state index is 12.9. The maximum Gasteiger partial charge on any atom is 0.255 e. The van der Waals surface area contributed by atoms with Crippen molar-refractivity contribution in [3.05, 3.63) is 96.3 Å². The minimum atomic E-state index is -0.251. The summed E-state index contributed by atoms with van der Waals surface area (Å²) in [4.78, 5) is 39.5. The van der Waals surface area contributed by atoms with Crippen LogP contribution >= 0.6 is 0 Å². The van der Waals surface area contributed by atoms with Crippen LogP contribution in [0.2, 0.25) is 0 Å². The summed E-state index contributed by atoms with van der Waals surface area (Å²) in [7, 11) is 3.96. The van der Waals surface area contributed by atoms with Gasteiger partial charge in [-0.1, -0.05) is 18.2 Å². The Hall–Kier alpha value is -5.02. The summed E-state index contributed by atoms with van der Waals surface area (Å²) < 4.78 is 0. The van der Waals surface area contributed by atoms with Crippen LogP contribution in [-0.4, -0.2) is 52.3 Å². The first-order valence-corrected chi connectivity index (χ1v) is 13.5. The molecule has 0 aliphatic carbocycles. The highest BCUT2D eigenvalue weighted by atomic mass is 16.2. The third-order valence-electron chi connectivity index (χ3n) is 6.66. The fourth-order valence-corrected chi connectivity index (χ4v) is 4.63. The molecule has 2 heterocycles. The van der Waals surface area contributed by atoms with E-state index >= 15 is 0 Å². The minimum Gasteiger partial charge on any atom is -0.360 e. The van der Waals surface area contributed by atoms with E-state index in [1.807, 2.05) is 67.7 Å². The van der Waals surface area contributed by atoms with E-state index in [4.69, 9.17) is 4.98 Å². The summed E-state index contributed by atoms with van der Waals surface area (Å²) in [5, 5.41) is 10.2. The molecule has 208 valence electrons. The predicted octanol–water partition coefficient (Wildman–Crippen LogP) is 6.21. The first-order valence-electron chi connectivity index (χ1n) is 13.5. The molecule has 0 saturated heterocycles. The fraction of sp³-hybridized carbons (Fsp3) is 0.188. The lowest BCUT2D eigenvalue weighted by molar-refractivity contribution is -0.116.